The molecule has 0 radical (unpaired) electrons. The van der Waals surface area contributed by atoms with E-state index in [0.29, 0.717) is 38.6 Å². The van der Waals surface area contributed by atoms with E-state index in [1.165, 1.54) is 45.3 Å². The second kappa shape index (κ2) is 10.5. The summed E-state index contributed by atoms with van der Waals surface area (Å²) >= 11 is 16.3. The van der Waals surface area contributed by atoms with E-state index in [0.717, 1.165) is 22.1 Å². The predicted octanol–water partition coefficient (Wildman–Crippen LogP) is 5.35. The van der Waals surface area contributed by atoms with Crippen LogP contribution in [0.3, 0.4) is 0 Å². The molecule has 0 amide bonds. The van der Waals surface area contributed by atoms with E-state index < -0.39 is 5.91 Å². The van der Waals surface area contributed by atoms with Gasteiger partial charge in [-0.2, -0.15) is 14.2 Å². The van der Waals surface area contributed by atoms with Crippen LogP contribution >= 0.6 is 57.6 Å². The summed E-state index contributed by atoms with van der Waals surface area (Å²) in [5.74, 6) is 0.234. The summed E-state index contributed by atoms with van der Waals surface area (Å²) in [4.78, 5) is 27.6. The van der Waals surface area contributed by atoms with E-state index >= 15 is 0 Å². The molecule has 5 aromatic rings. The zero-order valence-electron chi connectivity index (χ0n) is 18.5. The Kier molecular flexibility index (Phi) is 7.21. The average molecular weight is 580 g/mol. The van der Waals surface area contributed by atoms with Gasteiger partial charge in [0.05, 0.1) is 30.2 Å². The van der Waals surface area contributed by atoms with Crippen LogP contribution in [-0.4, -0.2) is 36.1 Å². The lowest BCUT2D eigenvalue weighted by molar-refractivity contribution is 0.0951. The maximum Gasteiger partial charge on any atom is 0.291 e. The number of hydrogen-bond acceptors (Lipinski definition) is 10. The molecule has 0 atom stereocenters. The van der Waals surface area contributed by atoms with Crippen LogP contribution in [0.25, 0.3) is 11.3 Å². The van der Waals surface area contributed by atoms with E-state index in [-0.39, 0.29) is 17.3 Å². The first-order valence-corrected chi connectivity index (χ1v) is 13.5. The van der Waals surface area contributed by atoms with Gasteiger partial charge in [-0.05, 0) is 53.4 Å². The van der Waals surface area contributed by atoms with Crippen LogP contribution in [0.1, 0.15) is 20.2 Å². The molecule has 0 saturated heterocycles. The summed E-state index contributed by atoms with van der Waals surface area (Å²) in [5.41, 5.74) is 1.10. The molecule has 0 spiro atoms. The van der Waals surface area contributed by atoms with Crippen LogP contribution in [0, 0.1) is 0 Å². The fourth-order valence-electron chi connectivity index (χ4n) is 3.47. The van der Waals surface area contributed by atoms with Crippen molar-refractivity contribution in [2.75, 3.05) is 12.4 Å². The quantitative estimate of drug-likeness (QED) is 0.247. The van der Waals surface area contributed by atoms with Crippen LogP contribution in [-0.2, 0) is 13.1 Å². The summed E-state index contributed by atoms with van der Waals surface area (Å²) in [6.07, 6.45) is 1.54. The van der Waals surface area contributed by atoms with Crippen molar-refractivity contribution in [2.45, 2.75) is 13.1 Å². The number of rotatable bonds is 8. The molecule has 0 aliphatic rings. The third-order valence-corrected chi connectivity index (χ3v) is 7.98. The highest BCUT2D eigenvalue weighted by Crippen LogP contribution is 2.38. The Bertz CT molecular complexity index is 1570. The highest BCUT2D eigenvalue weighted by atomic mass is 35.5. The van der Waals surface area contributed by atoms with Gasteiger partial charge in [-0.1, -0.05) is 23.2 Å². The number of thiophene rings is 1. The zero-order chi connectivity index (χ0) is 25.2. The minimum atomic E-state index is -0.392. The minimum absolute atomic E-state index is 0.207. The van der Waals surface area contributed by atoms with Crippen molar-refractivity contribution in [1.82, 2.24) is 23.1 Å². The van der Waals surface area contributed by atoms with Gasteiger partial charge in [0, 0.05) is 28.1 Å². The van der Waals surface area contributed by atoms with Gasteiger partial charge in [0.25, 0.3) is 11.5 Å². The number of nitrogens with one attached hydrogen (secondary N) is 1. The molecule has 0 bridgehead atoms. The number of carbonyl (C=O) groups is 1. The Morgan fingerprint density at radius 1 is 1.19 bits per heavy atom. The topological polar surface area (TPSA) is 104 Å². The second-order valence-corrected chi connectivity index (χ2v) is 11.1. The Balaban J connectivity index is 1.58. The van der Waals surface area contributed by atoms with Crippen molar-refractivity contribution < 1.29 is 9.53 Å². The number of carbonyl (C=O) groups excluding carboxylic acids is 1. The summed E-state index contributed by atoms with van der Waals surface area (Å²) in [7, 11) is 1.47. The van der Waals surface area contributed by atoms with Gasteiger partial charge < -0.3 is 10.1 Å². The predicted molar refractivity (Wildman–Crippen MR) is 143 cm³/mol. The molecule has 0 aliphatic carbocycles. The molecule has 0 aromatic carbocycles. The van der Waals surface area contributed by atoms with E-state index in [4.69, 9.17) is 27.9 Å². The molecule has 0 fully saturated rings. The lowest BCUT2D eigenvalue weighted by Gasteiger charge is -2.10. The maximum atomic E-state index is 13.3. The van der Waals surface area contributed by atoms with Crippen molar-refractivity contribution >= 4 is 69.3 Å². The fourth-order valence-corrected chi connectivity index (χ4v) is 5.81. The molecule has 0 saturated carbocycles. The lowest BCUT2D eigenvalue weighted by Crippen LogP contribution is -2.21. The molecule has 1 N–H and O–H groups in total. The Morgan fingerprint density at radius 3 is 2.69 bits per heavy atom. The van der Waals surface area contributed by atoms with Crippen LogP contribution in [0.4, 0.5) is 5.82 Å². The van der Waals surface area contributed by atoms with Crippen LogP contribution in [0.2, 0.25) is 9.49 Å². The van der Waals surface area contributed by atoms with E-state index in [1.54, 1.807) is 24.4 Å². The third kappa shape index (κ3) is 4.95. The Hall–Kier alpha value is -3.03. The molecule has 184 valence electrons. The standard InChI is InChI=1S/C22H16Cl2N6O3S3/c1-33-20-19(12-8-16(23)29(18(31)9-12)11-13-5-7-34-28-13)27-30(22(32)15-4-6-26-36-15)21(20)25-10-14-2-3-17(24)35-14/h2-9,25H,10-11H2,1H3. The molecule has 5 rings (SSSR count). The normalized spacial score (nSPS) is 11.1. The molecular weight excluding hydrogens is 563 g/mol. The third-order valence-electron chi connectivity index (χ3n) is 5.11. The lowest BCUT2D eigenvalue weighted by atomic mass is 10.2. The number of pyridine rings is 1. The summed E-state index contributed by atoms with van der Waals surface area (Å²) < 4.78 is 17.2. The maximum absolute atomic E-state index is 13.3. The Labute approximate surface area is 226 Å². The number of nitrogens with zero attached hydrogens (tertiary/aromatic N) is 5. The van der Waals surface area contributed by atoms with Crippen molar-refractivity contribution in [2.24, 2.45) is 0 Å². The van der Waals surface area contributed by atoms with Crippen LogP contribution < -0.4 is 15.6 Å². The zero-order valence-corrected chi connectivity index (χ0v) is 22.4. The number of anilines is 1. The number of ether oxygens (including phenoxy) is 1. The molecular formula is C22H16Cl2N6O3S3. The number of aromatic nitrogens is 5. The smallest absolute Gasteiger partial charge is 0.291 e. The summed E-state index contributed by atoms with van der Waals surface area (Å²) in [6, 6.07) is 10.2. The highest BCUT2D eigenvalue weighted by Gasteiger charge is 2.26. The van der Waals surface area contributed by atoms with Crippen molar-refractivity contribution in [3.05, 3.63) is 83.3 Å². The first-order chi connectivity index (χ1) is 17.4. The van der Waals surface area contributed by atoms with Crippen molar-refractivity contribution in [1.29, 1.82) is 0 Å². The molecule has 0 unspecified atom stereocenters. The number of hydrogen-bond donors (Lipinski definition) is 1. The van der Waals surface area contributed by atoms with E-state index in [2.05, 4.69) is 19.2 Å². The van der Waals surface area contributed by atoms with Gasteiger partial charge in [-0.3, -0.25) is 14.2 Å². The molecule has 9 nitrogen and oxygen atoms in total. The van der Waals surface area contributed by atoms with Crippen LogP contribution in [0.15, 0.2) is 52.8 Å². The van der Waals surface area contributed by atoms with E-state index in [1.807, 2.05) is 17.5 Å². The average Bonchev–Trinajstić information content (AvgIpc) is 3.66. The van der Waals surface area contributed by atoms with Gasteiger partial charge in [0.15, 0.2) is 11.6 Å². The second-order valence-electron chi connectivity index (χ2n) is 7.37. The molecule has 5 aromatic heterocycles. The van der Waals surface area contributed by atoms with Crippen molar-refractivity contribution in [3.8, 4) is 17.0 Å². The highest BCUT2D eigenvalue weighted by molar-refractivity contribution is 7.16. The van der Waals surface area contributed by atoms with Gasteiger partial charge in [-0.15, -0.1) is 11.3 Å². The number of halogens is 2. The van der Waals surface area contributed by atoms with Crippen LogP contribution in [0.5, 0.6) is 5.75 Å². The monoisotopic (exact) mass is 578 g/mol. The van der Waals surface area contributed by atoms with Gasteiger partial charge >= 0.3 is 0 Å². The minimum Gasteiger partial charge on any atom is -0.491 e. The van der Waals surface area contributed by atoms with Gasteiger partial charge in [-0.25, -0.2) is 4.37 Å². The van der Waals surface area contributed by atoms with Crippen molar-refractivity contribution in [3.63, 3.8) is 0 Å². The Morgan fingerprint density at radius 2 is 2.06 bits per heavy atom. The number of methoxy groups -OCH3 is 1. The molecule has 5 heterocycles. The van der Waals surface area contributed by atoms with Gasteiger partial charge in [0.1, 0.15) is 15.7 Å². The SMILES string of the molecule is COc1c(-c2cc(Cl)n(Cc3ccsn3)c(=O)c2)nn(C(=O)c2ccns2)c1NCc1ccc(Cl)s1. The first-order valence-electron chi connectivity index (χ1n) is 10.3. The first kappa shape index (κ1) is 24.7. The molecule has 14 heteroatoms. The van der Waals surface area contributed by atoms with Gasteiger partial charge in [0.2, 0.25) is 0 Å². The largest absolute Gasteiger partial charge is 0.491 e. The fraction of sp³-hybridized carbons (Fsp3) is 0.136. The molecule has 36 heavy (non-hydrogen) atoms. The summed E-state index contributed by atoms with van der Waals surface area (Å²) in [5, 5.41) is 9.80. The molecule has 0 aliphatic heterocycles. The summed E-state index contributed by atoms with van der Waals surface area (Å²) in [6.45, 7) is 0.623. The van der Waals surface area contributed by atoms with E-state index in [9.17, 15) is 9.59 Å².